The van der Waals surface area contributed by atoms with Crippen LogP contribution in [0.5, 0.6) is 0 Å². The smallest absolute Gasteiger partial charge is 0.0460 e. The van der Waals surface area contributed by atoms with Crippen molar-refractivity contribution in [1.29, 1.82) is 0 Å². The van der Waals surface area contributed by atoms with Gasteiger partial charge in [-0.1, -0.05) is 82.1 Å². The Labute approximate surface area is 200 Å². The van der Waals surface area contributed by atoms with Crippen molar-refractivity contribution in [3.8, 4) is 0 Å². The summed E-state index contributed by atoms with van der Waals surface area (Å²) in [4.78, 5) is 5.83. The van der Waals surface area contributed by atoms with Crippen LogP contribution in [0.3, 0.4) is 0 Å². The molecular weight excluding hydrogens is 410 g/mol. The molecule has 0 saturated carbocycles. The molecule has 0 bridgehead atoms. The van der Waals surface area contributed by atoms with Crippen molar-refractivity contribution in [2.75, 3.05) is 32.9 Å². The van der Waals surface area contributed by atoms with Crippen molar-refractivity contribution < 1.29 is 0 Å². The predicted molar refractivity (Wildman–Crippen MR) is 145 cm³/mol. The molecule has 0 saturated heterocycles. The first-order chi connectivity index (χ1) is 15.7. The largest absolute Gasteiger partial charge is 0.361 e. The van der Waals surface area contributed by atoms with E-state index in [1.807, 2.05) is 39.6 Å². The van der Waals surface area contributed by atoms with Crippen molar-refractivity contribution in [3.05, 3.63) is 77.5 Å². The number of aryl methyl sites for hydroxylation is 1. The summed E-state index contributed by atoms with van der Waals surface area (Å²) in [6, 6.07) is 17.6. The molecule has 0 fully saturated rings. The van der Waals surface area contributed by atoms with Crippen LogP contribution < -0.4 is 0 Å². The molecule has 2 heterocycles. The van der Waals surface area contributed by atoms with E-state index >= 15 is 0 Å². The number of hydrogen-bond donors (Lipinski definition) is 1. The Hall–Kier alpha value is -2.01. The fourth-order valence-electron chi connectivity index (χ4n) is 3.81. The van der Waals surface area contributed by atoms with Gasteiger partial charge < -0.3 is 9.88 Å². The standard InChI is InChI=1S/C24H29N3S.2C2H6/c1-26-13-10-21(11-14-26)23-17-25-24-9-8-19(16-22(23)24)12-15-28-27(2)18-20-6-4-3-5-7-20;2*1-2/h3-10,16-17,25H,11-15,18H2,1-2H3;2*1-2H3. The molecule has 0 atom stereocenters. The van der Waals surface area contributed by atoms with Crippen molar-refractivity contribution in [1.82, 2.24) is 14.2 Å². The van der Waals surface area contributed by atoms with E-state index in [4.69, 9.17) is 0 Å². The molecule has 32 heavy (non-hydrogen) atoms. The summed E-state index contributed by atoms with van der Waals surface area (Å²) in [7, 11) is 4.37. The number of benzene rings is 2. The SMILES string of the molecule is CC.CC.CN1CC=C(c2c[nH]c3ccc(CCSN(C)Cc4ccccc4)cc23)CC1. The Morgan fingerprint density at radius 2 is 1.75 bits per heavy atom. The number of aromatic amines is 1. The van der Waals surface area contributed by atoms with Crippen LogP contribution >= 0.6 is 11.9 Å². The van der Waals surface area contributed by atoms with Crippen LogP contribution in [-0.4, -0.2) is 47.1 Å². The van der Waals surface area contributed by atoms with E-state index in [0.717, 1.165) is 38.2 Å². The van der Waals surface area contributed by atoms with E-state index in [9.17, 15) is 0 Å². The third-order valence-corrected chi connectivity index (χ3v) is 6.41. The van der Waals surface area contributed by atoms with Crippen molar-refractivity contribution >= 4 is 28.4 Å². The minimum absolute atomic E-state index is 0.981. The summed E-state index contributed by atoms with van der Waals surface area (Å²) in [6.45, 7) is 11.2. The second-order valence-electron chi connectivity index (χ2n) is 7.68. The highest BCUT2D eigenvalue weighted by Gasteiger charge is 2.13. The molecule has 0 radical (unpaired) electrons. The number of nitrogens with one attached hydrogen (secondary N) is 1. The van der Waals surface area contributed by atoms with Gasteiger partial charge in [0.15, 0.2) is 0 Å². The zero-order valence-corrected chi connectivity index (χ0v) is 21.6. The first-order valence-corrected chi connectivity index (χ1v) is 13.0. The lowest BCUT2D eigenvalue weighted by Gasteiger charge is -2.21. The lowest BCUT2D eigenvalue weighted by molar-refractivity contribution is 0.370. The van der Waals surface area contributed by atoms with Gasteiger partial charge in [0.1, 0.15) is 0 Å². The monoisotopic (exact) mass is 451 g/mol. The lowest BCUT2D eigenvalue weighted by atomic mass is 9.98. The van der Waals surface area contributed by atoms with Gasteiger partial charge in [-0.05, 0) is 55.8 Å². The number of hydrogen-bond acceptors (Lipinski definition) is 3. The third kappa shape index (κ3) is 7.54. The maximum absolute atomic E-state index is 3.46. The molecule has 3 nitrogen and oxygen atoms in total. The van der Waals surface area contributed by atoms with Crippen molar-refractivity contribution in [2.45, 2.75) is 47.1 Å². The highest BCUT2D eigenvalue weighted by molar-refractivity contribution is 7.96. The molecular formula is C28H41N3S. The van der Waals surface area contributed by atoms with Gasteiger partial charge >= 0.3 is 0 Å². The number of H-pyrrole nitrogens is 1. The molecule has 174 valence electrons. The quantitative estimate of drug-likeness (QED) is 0.382. The second-order valence-corrected chi connectivity index (χ2v) is 8.97. The minimum Gasteiger partial charge on any atom is -0.361 e. The fraction of sp³-hybridized carbons (Fsp3) is 0.429. The summed E-state index contributed by atoms with van der Waals surface area (Å²) < 4.78 is 2.33. The molecule has 1 aliphatic rings. The third-order valence-electron chi connectivity index (χ3n) is 5.45. The summed E-state index contributed by atoms with van der Waals surface area (Å²) in [5.74, 6) is 1.10. The lowest BCUT2D eigenvalue weighted by Crippen LogP contribution is -2.23. The average Bonchev–Trinajstić information content (AvgIpc) is 3.26. The molecule has 0 unspecified atom stereocenters. The minimum atomic E-state index is 0.981. The zero-order valence-electron chi connectivity index (χ0n) is 20.8. The number of likely N-dealkylation sites (N-methyl/N-ethyl adjacent to an activating group) is 1. The van der Waals surface area contributed by atoms with Gasteiger partial charge in [-0.25, -0.2) is 4.31 Å². The van der Waals surface area contributed by atoms with Crippen LogP contribution in [0.15, 0.2) is 60.8 Å². The summed E-state index contributed by atoms with van der Waals surface area (Å²) >= 11 is 1.91. The molecule has 0 spiro atoms. The maximum Gasteiger partial charge on any atom is 0.0460 e. The molecule has 4 rings (SSSR count). The van der Waals surface area contributed by atoms with E-state index in [1.54, 1.807) is 0 Å². The Bertz CT molecular complexity index is 946. The topological polar surface area (TPSA) is 22.3 Å². The fourth-order valence-corrected chi connectivity index (χ4v) is 4.69. The molecule has 0 aliphatic carbocycles. The van der Waals surface area contributed by atoms with Crippen LogP contribution in [0.25, 0.3) is 16.5 Å². The van der Waals surface area contributed by atoms with E-state index in [1.165, 1.54) is 33.2 Å². The molecule has 2 aromatic carbocycles. The maximum atomic E-state index is 3.46. The number of rotatable bonds is 7. The summed E-state index contributed by atoms with van der Waals surface area (Å²) in [5.41, 5.74) is 6.90. The van der Waals surface area contributed by atoms with Crippen molar-refractivity contribution in [2.24, 2.45) is 0 Å². The van der Waals surface area contributed by atoms with Crippen LogP contribution in [0.4, 0.5) is 0 Å². The Morgan fingerprint density at radius 1 is 1.00 bits per heavy atom. The van der Waals surface area contributed by atoms with Gasteiger partial charge in [-0.2, -0.15) is 0 Å². The van der Waals surface area contributed by atoms with Gasteiger partial charge in [0.2, 0.25) is 0 Å². The highest BCUT2D eigenvalue weighted by atomic mass is 32.2. The first-order valence-electron chi connectivity index (χ1n) is 12.0. The molecule has 3 aromatic rings. The normalized spacial score (nSPS) is 13.8. The summed E-state index contributed by atoms with van der Waals surface area (Å²) in [5, 5.41) is 1.37. The molecule has 1 aliphatic heterocycles. The van der Waals surface area contributed by atoms with E-state index in [2.05, 4.69) is 89.1 Å². The Kier molecular flexibility index (Phi) is 11.6. The Morgan fingerprint density at radius 3 is 2.44 bits per heavy atom. The highest BCUT2D eigenvalue weighted by Crippen LogP contribution is 2.30. The van der Waals surface area contributed by atoms with Gasteiger partial charge in [-0.3, -0.25) is 0 Å². The summed E-state index contributed by atoms with van der Waals surface area (Å²) in [6.07, 6.45) is 6.79. The van der Waals surface area contributed by atoms with Gasteiger partial charge in [0.25, 0.3) is 0 Å². The average molecular weight is 452 g/mol. The molecule has 4 heteroatoms. The second kappa shape index (κ2) is 14.2. The van der Waals surface area contributed by atoms with Gasteiger partial charge in [0, 0.05) is 48.1 Å². The first kappa shape index (κ1) is 26.2. The number of nitrogens with zero attached hydrogens (tertiary/aromatic N) is 2. The number of aromatic nitrogens is 1. The number of fused-ring (bicyclic) bond motifs is 1. The van der Waals surface area contributed by atoms with E-state index in [-0.39, 0.29) is 0 Å². The van der Waals surface area contributed by atoms with E-state index < -0.39 is 0 Å². The van der Waals surface area contributed by atoms with E-state index in [0.29, 0.717) is 0 Å². The van der Waals surface area contributed by atoms with Crippen molar-refractivity contribution in [3.63, 3.8) is 0 Å². The van der Waals surface area contributed by atoms with Crippen LogP contribution in [0.1, 0.15) is 50.8 Å². The van der Waals surface area contributed by atoms with Gasteiger partial charge in [-0.15, -0.1) is 0 Å². The predicted octanol–water partition coefficient (Wildman–Crippen LogP) is 7.26. The zero-order chi connectivity index (χ0) is 23.3. The molecule has 0 amide bonds. The van der Waals surface area contributed by atoms with Gasteiger partial charge in [0.05, 0.1) is 0 Å². The molecule has 1 aromatic heterocycles. The Balaban J connectivity index is 0.000000860. The van der Waals surface area contributed by atoms with Crippen LogP contribution in [0.2, 0.25) is 0 Å². The molecule has 1 N–H and O–H groups in total. The van der Waals surface area contributed by atoms with Crippen LogP contribution in [0, 0.1) is 0 Å². The van der Waals surface area contributed by atoms with Crippen LogP contribution in [-0.2, 0) is 13.0 Å².